The number of nitrogens with zero attached hydrogens (tertiary/aromatic N) is 3. The van der Waals surface area contributed by atoms with Crippen LogP contribution in [-0.4, -0.2) is 40.8 Å². The zero-order valence-corrected chi connectivity index (χ0v) is 30.4. The topological polar surface area (TPSA) is 130 Å². The van der Waals surface area contributed by atoms with Crippen molar-refractivity contribution in [3.05, 3.63) is 119 Å². The Kier molecular flexibility index (Phi) is 8.05. The molecule has 9 rings (SSSR count). The third-order valence-electron chi connectivity index (χ3n) is 11.9. The molecule has 55 heavy (non-hydrogen) atoms. The van der Waals surface area contributed by atoms with E-state index in [1.807, 2.05) is 36.4 Å². The predicted octanol–water partition coefficient (Wildman–Crippen LogP) is 7.98. The summed E-state index contributed by atoms with van der Waals surface area (Å²) in [6.45, 7) is 1.75. The largest absolute Gasteiger partial charge is 0.504 e. The number of hydrogen-bond donors (Lipinski definition) is 1. The van der Waals surface area contributed by atoms with Crippen molar-refractivity contribution in [3.8, 4) is 23.0 Å². The summed E-state index contributed by atoms with van der Waals surface area (Å²) in [4.78, 5) is 64.5. The van der Waals surface area contributed by atoms with E-state index in [9.17, 15) is 28.7 Å². The molecule has 2 saturated heterocycles. The number of carbonyl (C=O) groups is 4. The number of rotatable bonds is 6. The highest BCUT2D eigenvalue weighted by Crippen LogP contribution is 2.61. The number of imide groups is 2. The van der Waals surface area contributed by atoms with Crippen molar-refractivity contribution in [3.63, 3.8) is 0 Å². The fourth-order valence-electron chi connectivity index (χ4n) is 9.10. The molecule has 0 radical (unpaired) electrons. The monoisotopic (exact) mass is 757 g/mol. The lowest BCUT2D eigenvalue weighted by atomic mass is 9.52. The van der Waals surface area contributed by atoms with Gasteiger partial charge in [0.2, 0.25) is 29.5 Å². The first kappa shape index (κ1) is 34.7. The van der Waals surface area contributed by atoms with Crippen LogP contribution >= 0.6 is 11.6 Å². The van der Waals surface area contributed by atoms with Gasteiger partial charge in [0.1, 0.15) is 11.3 Å². The van der Waals surface area contributed by atoms with Crippen molar-refractivity contribution in [2.75, 3.05) is 16.9 Å². The van der Waals surface area contributed by atoms with E-state index >= 15 is 0 Å². The van der Waals surface area contributed by atoms with Gasteiger partial charge in [-0.1, -0.05) is 53.6 Å². The molecule has 4 aliphatic rings. The average molecular weight is 758 g/mol. The minimum Gasteiger partial charge on any atom is -0.504 e. The number of ether oxygens (including phenoxy) is 1. The maximum atomic E-state index is 14.6. The predicted molar refractivity (Wildman–Crippen MR) is 202 cm³/mol. The van der Waals surface area contributed by atoms with Gasteiger partial charge in [-0.2, -0.15) is 0 Å². The van der Waals surface area contributed by atoms with Crippen molar-refractivity contribution in [1.29, 1.82) is 0 Å². The zero-order chi connectivity index (χ0) is 38.3. The number of benzene rings is 4. The molecule has 4 aromatic carbocycles. The number of oxazole rings is 1. The number of amides is 4. The molecule has 3 heterocycles. The summed E-state index contributed by atoms with van der Waals surface area (Å²) in [5.41, 5.74) is 2.78. The van der Waals surface area contributed by atoms with Crippen LogP contribution < -0.4 is 14.5 Å². The smallest absolute Gasteiger partial charge is 0.241 e. The third kappa shape index (κ3) is 5.24. The number of aromatic nitrogens is 1. The zero-order valence-electron chi connectivity index (χ0n) is 29.6. The number of para-hydroxylation sites is 2. The van der Waals surface area contributed by atoms with Gasteiger partial charge < -0.3 is 14.3 Å². The molecule has 2 aliphatic heterocycles. The van der Waals surface area contributed by atoms with Crippen molar-refractivity contribution >= 4 is 63.8 Å². The number of halogens is 2. The van der Waals surface area contributed by atoms with E-state index in [2.05, 4.69) is 4.98 Å². The number of hydrogen-bond acceptors (Lipinski definition) is 8. The number of fused-ring (bicyclic) bond motifs is 5. The van der Waals surface area contributed by atoms with Crippen LogP contribution in [0.2, 0.25) is 5.02 Å². The fourth-order valence-corrected chi connectivity index (χ4v) is 9.27. The van der Waals surface area contributed by atoms with Crippen LogP contribution in [0.3, 0.4) is 0 Å². The first-order valence-electron chi connectivity index (χ1n) is 17.9. The number of allylic oxidation sites excluding steroid dienone is 3. The van der Waals surface area contributed by atoms with E-state index < -0.39 is 52.6 Å². The highest BCUT2D eigenvalue weighted by atomic mass is 35.5. The molecule has 6 unspecified atom stereocenters. The number of methoxy groups -OCH3 is 1. The van der Waals surface area contributed by atoms with Gasteiger partial charge in [0.25, 0.3) is 0 Å². The van der Waals surface area contributed by atoms with Gasteiger partial charge in [0.05, 0.1) is 46.7 Å². The van der Waals surface area contributed by atoms with Gasteiger partial charge in [-0.05, 0) is 98.0 Å². The molecule has 2 aliphatic carbocycles. The summed E-state index contributed by atoms with van der Waals surface area (Å²) < 4.78 is 25.4. The Morgan fingerprint density at radius 2 is 1.69 bits per heavy atom. The Labute approximate surface area is 319 Å². The fraction of sp³-hybridized carbons (Fsp3) is 0.233. The molecular weight excluding hydrogens is 725 g/mol. The minimum atomic E-state index is -1.30. The van der Waals surface area contributed by atoms with Gasteiger partial charge >= 0.3 is 0 Å². The number of phenolic OH excluding ortho intramolecular Hbond substituents is 1. The van der Waals surface area contributed by atoms with Crippen LogP contribution in [0, 0.1) is 40.8 Å². The molecule has 1 aromatic heterocycles. The molecule has 1 N–H and O–H groups in total. The number of aromatic hydroxyl groups is 1. The summed E-state index contributed by atoms with van der Waals surface area (Å²) in [6, 6.07) is 22.9. The molecule has 5 aromatic rings. The molecule has 276 valence electrons. The molecule has 3 fully saturated rings. The van der Waals surface area contributed by atoms with Gasteiger partial charge in [0.15, 0.2) is 17.1 Å². The maximum Gasteiger partial charge on any atom is 0.241 e. The lowest BCUT2D eigenvalue weighted by Crippen LogP contribution is -2.49. The minimum absolute atomic E-state index is 0.0367. The number of anilines is 2. The van der Waals surface area contributed by atoms with Gasteiger partial charge in [-0.15, -0.1) is 0 Å². The van der Waals surface area contributed by atoms with Crippen molar-refractivity contribution in [2.45, 2.75) is 19.8 Å². The third-order valence-corrected chi connectivity index (χ3v) is 12.1. The molecule has 6 atom stereocenters. The summed E-state index contributed by atoms with van der Waals surface area (Å²) in [5, 5.41) is 9.96. The Balaban J connectivity index is 1.08. The van der Waals surface area contributed by atoms with E-state index in [-0.39, 0.29) is 46.9 Å². The molecule has 12 heteroatoms. The average Bonchev–Trinajstić information content (AvgIpc) is 3.79. The summed E-state index contributed by atoms with van der Waals surface area (Å²) >= 11 is 6.11. The van der Waals surface area contributed by atoms with Crippen molar-refractivity contribution < 1.29 is 37.8 Å². The van der Waals surface area contributed by atoms with E-state index in [1.165, 1.54) is 30.2 Å². The van der Waals surface area contributed by atoms with Crippen LogP contribution in [0.15, 0.2) is 107 Å². The van der Waals surface area contributed by atoms with E-state index in [0.29, 0.717) is 33.8 Å². The van der Waals surface area contributed by atoms with Gasteiger partial charge in [0, 0.05) is 11.5 Å². The quantitative estimate of drug-likeness (QED) is 0.136. The highest BCUT2D eigenvalue weighted by molar-refractivity contribution is 6.32. The first-order valence-corrected chi connectivity index (χ1v) is 18.3. The van der Waals surface area contributed by atoms with Crippen LogP contribution in [0.4, 0.5) is 15.8 Å². The van der Waals surface area contributed by atoms with E-state index in [1.54, 1.807) is 49.4 Å². The Bertz CT molecular complexity index is 2500. The molecular formula is C43H33ClFN3O7. The molecule has 1 saturated carbocycles. The van der Waals surface area contributed by atoms with Crippen LogP contribution in [-0.2, 0) is 19.2 Å². The molecule has 0 spiro atoms. The summed E-state index contributed by atoms with van der Waals surface area (Å²) in [7, 11) is 1.44. The maximum absolute atomic E-state index is 14.6. The van der Waals surface area contributed by atoms with Gasteiger partial charge in [-0.25, -0.2) is 14.3 Å². The number of carbonyl (C=O) groups excluding carboxylic acids is 4. The van der Waals surface area contributed by atoms with E-state index in [4.69, 9.17) is 20.8 Å². The van der Waals surface area contributed by atoms with Gasteiger partial charge in [-0.3, -0.25) is 24.1 Å². The molecule has 4 amide bonds. The SMILES string of the molecule is COc1cc(C=CC2C3=CCC4C(=O)N(c5ccc(-c6nc7ccccc7o6)cc5)C(=O)C4C3CC3C(=O)N(c4ccc(F)c(Cl)c4)C(=O)C23C)ccc1O. The number of phenols is 1. The molecule has 10 nitrogen and oxygen atoms in total. The second kappa shape index (κ2) is 12.8. The molecule has 0 bridgehead atoms. The second-order valence-electron chi connectivity index (χ2n) is 14.6. The van der Waals surface area contributed by atoms with Crippen LogP contribution in [0.25, 0.3) is 28.6 Å². The Morgan fingerprint density at radius 3 is 2.44 bits per heavy atom. The standard InChI is InChI=1S/C43H33ClFN3O7/c1-43-29(16-7-22-8-18-34(49)36(19-22)54-2)26-14-15-27-37(28(26)21-30(43)40(51)48(42(43)53)25-13-17-32(45)31(44)20-25)41(52)47(39(27)50)24-11-9-23(10-12-24)38-46-33-5-3-4-6-35(33)55-38/h3-14,16-20,27-30,37,49H,15,21H2,1-2H3. The Hall–Kier alpha value is -6.07. The lowest BCUT2D eigenvalue weighted by Gasteiger charge is -2.47. The second-order valence-corrected chi connectivity index (χ2v) is 15.0. The van der Waals surface area contributed by atoms with E-state index in [0.717, 1.165) is 16.5 Å². The summed E-state index contributed by atoms with van der Waals surface area (Å²) in [5.74, 6) is -5.19. The highest BCUT2D eigenvalue weighted by Gasteiger charge is 2.67. The van der Waals surface area contributed by atoms with Crippen LogP contribution in [0.1, 0.15) is 25.3 Å². The van der Waals surface area contributed by atoms with Crippen molar-refractivity contribution in [1.82, 2.24) is 4.98 Å². The normalized spacial score (nSPS) is 26.1. The van der Waals surface area contributed by atoms with Crippen molar-refractivity contribution in [2.24, 2.45) is 35.0 Å². The van der Waals surface area contributed by atoms with Crippen LogP contribution in [0.5, 0.6) is 11.5 Å². The lowest BCUT2D eigenvalue weighted by molar-refractivity contribution is -0.132. The Morgan fingerprint density at radius 1 is 0.927 bits per heavy atom. The first-order chi connectivity index (χ1) is 26.5. The summed E-state index contributed by atoms with van der Waals surface area (Å²) in [6.07, 6.45) is 6.04.